The molecule has 1 amide bonds. The molecule has 0 radical (unpaired) electrons. The van der Waals surface area contributed by atoms with Crippen molar-refractivity contribution in [1.29, 1.82) is 5.26 Å². The molecule has 1 aliphatic rings. The van der Waals surface area contributed by atoms with Crippen LogP contribution in [0.5, 0.6) is 0 Å². The van der Waals surface area contributed by atoms with E-state index in [2.05, 4.69) is 24.9 Å². The maximum absolute atomic E-state index is 13.0. The molecular weight excluding hydrogens is 490 g/mol. The molecule has 3 aromatic carbocycles. The second-order valence-corrected chi connectivity index (χ2v) is 9.16. The highest BCUT2D eigenvalue weighted by Crippen LogP contribution is 2.39. The summed E-state index contributed by atoms with van der Waals surface area (Å²) in [6, 6.07) is 27.1. The second-order valence-electron chi connectivity index (χ2n) is 8.30. The van der Waals surface area contributed by atoms with E-state index in [4.69, 9.17) is 16.7 Å². The summed E-state index contributed by atoms with van der Waals surface area (Å²) in [6.07, 6.45) is 2.14. The number of hydrogen-bond acceptors (Lipinski definition) is 5. The van der Waals surface area contributed by atoms with Crippen molar-refractivity contribution in [2.24, 2.45) is 0 Å². The molecule has 1 unspecified atom stereocenters. The number of carbonyl (C=O) groups excluding carboxylic acids is 1. The lowest BCUT2D eigenvalue weighted by molar-refractivity contribution is -0.118. The SMILES string of the molecule is CCc1ccc(N2C(S)=C(C#N)C(=O)NC2c2cn(-c3ccccc3)nc2-c2ccc(Cl)cc2)cc1. The topological polar surface area (TPSA) is 74.0 Å². The van der Waals surface area contributed by atoms with Gasteiger partial charge in [0.15, 0.2) is 0 Å². The van der Waals surface area contributed by atoms with Gasteiger partial charge in [0.05, 0.1) is 16.4 Å². The number of nitriles is 1. The number of nitrogens with zero attached hydrogens (tertiary/aromatic N) is 4. The highest BCUT2D eigenvalue weighted by Gasteiger charge is 2.36. The van der Waals surface area contributed by atoms with Gasteiger partial charge in [0.25, 0.3) is 5.91 Å². The summed E-state index contributed by atoms with van der Waals surface area (Å²) in [5.74, 6) is -0.483. The zero-order valence-corrected chi connectivity index (χ0v) is 21.0. The maximum atomic E-state index is 13.0. The zero-order valence-electron chi connectivity index (χ0n) is 19.4. The number of amides is 1. The van der Waals surface area contributed by atoms with Crippen molar-refractivity contribution in [1.82, 2.24) is 15.1 Å². The summed E-state index contributed by atoms with van der Waals surface area (Å²) in [7, 11) is 0. The van der Waals surface area contributed by atoms with Crippen LogP contribution in [0.25, 0.3) is 16.9 Å². The molecule has 8 heteroatoms. The van der Waals surface area contributed by atoms with E-state index in [1.807, 2.05) is 83.9 Å². The van der Waals surface area contributed by atoms with Crippen LogP contribution in [0.2, 0.25) is 5.02 Å². The average molecular weight is 512 g/mol. The standard InChI is InChI=1S/C28H22ClN5OS/c1-2-18-8-14-22(15-9-18)34-26(31-27(35)23(16-30)28(34)36)24-17-33(21-6-4-3-5-7-21)32-25(24)19-10-12-20(29)13-11-19/h3-15,17,26,36H,2H2,1H3,(H,31,35). The third kappa shape index (κ3) is 4.37. The van der Waals surface area contributed by atoms with Crippen LogP contribution in [0.4, 0.5) is 5.69 Å². The number of hydrogen-bond donors (Lipinski definition) is 2. The van der Waals surface area contributed by atoms with Crippen LogP contribution in [0.1, 0.15) is 24.2 Å². The lowest BCUT2D eigenvalue weighted by Gasteiger charge is -2.37. The minimum Gasteiger partial charge on any atom is -0.327 e. The molecular formula is C28H22ClN5OS. The van der Waals surface area contributed by atoms with E-state index < -0.39 is 12.1 Å². The Morgan fingerprint density at radius 3 is 2.36 bits per heavy atom. The fraction of sp³-hybridized carbons (Fsp3) is 0.107. The van der Waals surface area contributed by atoms with Crippen molar-refractivity contribution >= 4 is 35.8 Å². The van der Waals surface area contributed by atoms with E-state index in [-0.39, 0.29) is 10.6 Å². The van der Waals surface area contributed by atoms with Crippen LogP contribution in [0.15, 0.2) is 95.7 Å². The molecule has 0 saturated heterocycles. The van der Waals surface area contributed by atoms with E-state index in [1.165, 1.54) is 5.56 Å². The van der Waals surface area contributed by atoms with E-state index in [0.717, 1.165) is 28.9 Å². The lowest BCUT2D eigenvalue weighted by atomic mass is 10.0. The minimum atomic E-state index is -0.655. The van der Waals surface area contributed by atoms with Crippen LogP contribution in [0, 0.1) is 11.3 Å². The number of nitrogens with one attached hydrogen (secondary N) is 1. The third-order valence-corrected chi connectivity index (χ3v) is 6.81. The first-order valence-electron chi connectivity index (χ1n) is 11.4. The first-order chi connectivity index (χ1) is 17.5. The summed E-state index contributed by atoms with van der Waals surface area (Å²) < 4.78 is 1.78. The number of carbonyl (C=O) groups is 1. The quantitative estimate of drug-likeness (QED) is 0.320. The molecule has 0 bridgehead atoms. The highest BCUT2D eigenvalue weighted by molar-refractivity contribution is 7.84. The van der Waals surface area contributed by atoms with E-state index in [9.17, 15) is 10.1 Å². The van der Waals surface area contributed by atoms with Gasteiger partial charge in [-0.15, -0.1) is 12.6 Å². The first-order valence-corrected chi connectivity index (χ1v) is 12.3. The number of aryl methyl sites for hydroxylation is 1. The molecule has 1 aliphatic heterocycles. The summed E-state index contributed by atoms with van der Waals surface area (Å²) in [5.41, 5.74) is 5.08. The molecule has 1 atom stereocenters. The molecule has 0 saturated carbocycles. The Labute approximate surface area is 219 Å². The van der Waals surface area contributed by atoms with Gasteiger partial charge in [-0.1, -0.05) is 61.0 Å². The van der Waals surface area contributed by atoms with Crippen LogP contribution < -0.4 is 10.2 Å². The molecule has 2 heterocycles. The van der Waals surface area contributed by atoms with Crippen molar-refractivity contribution in [3.63, 3.8) is 0 Å². The molecule has 178 valence electrons. The fourth-order valence-electron chi connectivity index (χ4n) is 4.22. The molecule has 1 N–H and O–H groups in total. The summed E-state index contributed by atoms with van der Waals surface area (Å²) in [4.78, 5) is 14.8. The van der Waals surface area contributed by atoms with Crippen molar-refractivity contribution < 1.29 is 4.79 Å². The van der Waals surface area contributed by atoms with Gasteiger partial charge < -0.3 is 10.2 Å². The monoisotopic (exact) mass is 511 g/mol. The highest BCUT2D eigenvalue weighted by atomic mass is 35.5. The van der Waals surface area contributed by atoms with Crippen molar-refractivity contribution in [3.05, 3.63) is 112 Å². The molecule has 6 nitrogen and oxygen atoms in total. The van der Waals surface area contributed by atoms with E-state index in [0.29, 0.717) is 10.7 Å². The average Bonchev–Trinajstić information content (AvgIpc) is 3.35. The van der Waals surface area contributed by atoms with Gasteiger partial charge in [-0.05, 0) is 48.4 Å². The number of rotatable bonds is 5. The van der Waals surface area contributed by atoms with Crippen molar-refractivity contribution in [2.45, 2.75) is 19.5 Å². The Morgan fingerprint density at radius 2 is 1.72 bits per heavy atom. The van der Waals surface area contributed by atoms with Gasteiger partial charge in [-0.25, -0.2) is 4.68 Å². The van der Waals surface area contributed by atoms with Gasteiger partial charge >= 0.3 is 0 Å². The Hall–Kier alpha value is -3.99. The van der Waals surface area contributed by atoms with Gasteiger partial charge in [0.2, 0.25) is 0 Å². The van der Waals surface area contributed by atoms with Gasteiger partial charge in [0.1, 0.15) is 17.8 Å². The zero-order chi connectivity index (χ0) is 25.2. The number of benzene rings is 3. The number of halogens is 1. The molecule has 1 aromatic heterocycles. The van der Waals surface area contributed by atoms with Crippen LogP contribution in [-0.4, -0.2) is 15.7 Å². The number of para-hydroxylation sites is 1. The molecule has 0 spiro atoms. The largest absolute Gasteiger partial charge is 0.327 e. The van der Waals surface area contributed by atoms with E-state index >= 15 is 0 Å². The minimum absolute atomic E-state index is 0.0438. The maximum Gasteiger partial charge on any atom is 0.266 e. The van der Waals surface area contributed by atoms with Crippen LogP contribution in [-0.2, 0) is 11.2 Å². The second kappa shape index (κ2) is 9.94. The summed E-state index contributed by atoms with van der Waals surface area (Å²) in [5, 5.41) is 18.5. The van der Waals surface area contributed by atoms with Gasteiger partial charge in [-0.3, -0.25) is 4.79 Å². The molecule has 0 fully saturated rings. The number of anilines is 1. The lowest BCUT2D eigenvalue weighted by Crippen LogP contribution is -2.46. The predicted octanol–water partition coefficient (Wildman–Crippen LogP) is 6.06. The summed E-state index contributed by atoms with van der Waals surface area (Å²) in [6.45, 7) is 2.09. The molecule has 5 rings (SSSR count). The normalized spacial score (nSPS) is 15.6. The van der Waals surface area contributed by atoms with Crippen LogP contribution >= 0.6 is 24.2 Å². The van der Waals surface area contributed by atoms with Crippen molar-refractivity contribution in [3.8, 4) is 23.0 Å². The fourth-order valence-corrected chi connectivity index (χ4v) is 4.73. The molecule has 0 aliphatic carbocycles. The third-order valence-electron chi connectivity index (χ3n) is 6.11. The van der Waals surface area contributed by atoms with E-state index in [1.54, 1.807) is 16.8 Å². The number of aromatic nitrogens is 2. The molecule has 36 heavy (non-hydrogen) atoms. The van der Waals surface area contributed by atoms with Gasteiger partial charge in [-0.2, -0.15) is 10.4 Å². The predicted molar refractivity (Wildman–Crippen MR) is 145 cm³/mol. The number of thiol groups is 1. The summed E-state index contributed by atoms with van der Waals surface area (Å²) >= 11 is 10.8. The smallest absolute Gasteiger partial charge is 0.266 e. The Balaban J connectivity index is 1.71. The molecule has 4 aromatic rings. The van der Waals surface area contributed by atoms with Crippen molar-refractivity contribution in [2.75, 3.05) is 4.90 Å². The van der Waals surface area contributed by atoms with Crippen LogP contribution in [0.3, 0.4) is 0 Å². The Kier molecular flexibility index (Phi) is 6.55. The Bertz CT molecular complexity index is 1490. The first kappa shape index (κ1) is 23.7. The van der Waals surface area contributed by atoms with Gasteiger partial charge in [0, 0.05) is 28.0 Å². The Morgan fingerprint density at radius 1 is 1.03 bits per heavy atom.